The molecular formula is C12H18BrFN2O. The van der Waals surface area contributed by atoms with E-state index >= 15 is 0 Å². The second-order valence-corrected chi connectivity index (χ2v) is 4.83. The van der Waals surface area contributed by atoms with Crippen molar-refractivity contribution >= 4 is 15.9 Å². The van der Waals surface area contributed by atoms with Crippen LogP contribution in [0.15, 0.2) is 22.7 Å². The van der Waals surface area contributed by atoms with Gasteiger partial charge in [0.2, 0.25) is 0 Å². The van der Waals surface area contributed by atoms with Crippen LogP contribution in [0.2, 0.25) is 0 Å². The molecule has 0 unspecified atom stereocenters. The van der Waals surface area contributed by atoms with Crippen LogP contribution in [0.4, 0.5) is 4.39 Å². The highest BCUT2D eigenvalue weighted by Gasteiger charge is 2.01. The monoisotopic (exact) mass is 304 g/mol. The van der Waals surface area contributed by atoms with Crippen LogP contribution in [0.1, 0.15) is 0 Å². The molecule has 0 aliphatic carbocycles. The van der Waals surface area contributed by atoms with Crippen molar-refractivity contribution in [2.45, 2.75) is 0 Å². The van der Waals surface area contributed by atoms with Crippen LogP contribution >= 0.6 is 15.9 Å². The SMILES string of the molecule is CN(C)CCNCCOc1ccc(F)cc1Br. The molecule has 96 valence electrons. The fraction of sp³-hybridized carbons (Fsp3) is 0.500. The molecule has 3 nitrogen and oxygen atoms in total. The van der Waals surface area contributed by atoms with Crippen molar-refractivity contribution in [1.82, 2.24) is 10.2 Å². The summed E-state index contributed by atoms with van der Waals surface area (Å²) < 4.78 is 19.0. The van der Waals surface area contributed by atoms with E-state index in [1.807, 2.05) is 14.1 Å². The molecule has 1 aromatic carbocycles. The molecule has 0 saturated carbocycles. The quantitative estimate of drug-likeness (QED) is 0.781. The Morgan fingerprint density at radius 2 is 2.12 bits per heavy atom. The topological polar surface area (TPSA) is 24.5 Å². The van der Waals surface area contributed by atoms with Crippen molar-refractivity contribution in [2.24, 2.45) is 0 Å². The van der Waals surface area contributed by atoms with Crippen LogP contribution in [-0.4, -0.2) is 45.2 Å². The van der Waals surface area contributed by atoms with Crippen molar-refractivity contribution in [3.8, 4) is 5.75 Å². The van der Waals surface area contributed by atoms with Crippen molar-refractivity contribution in [3.63, 3.8) is 0 Å². The lowest BCUT2D eigenvalue weighted by atomic mass is 10.3. The van der Waals surface area contributed by atoms with Crippen LogP contribution in [0.25, 0.3) is 0 Å². The molecule has 0 aromatic heterocycles. The third kappa shape index (κ3) is 6.00. The van der Waals surface area contributed by atoms with Gasteiger partial charge in [-0.05, 0) is 48.2 Å². The van der Waals surface area contributed by atoms with E-state index in [0.29, 0.717) is 16.8 Å². The van der Waals surface area contributed by atoms with E-state index in [1.165, 1.54) is 12.1 Å². The maximum Gasteiger partial charge on any atom is 0.133 e. The van der Waals surface area contributed by atoms with E-state index in [0.717, 1.165) is 19.6 Å². The molecule has 1 N–H and O–H groups in total. The molecule has 0 bridgehead atoms. The van der Waals surface area contributed by atoms with Crippen molar-refractivity contribution in [2.75, 3.05) is 40.3 Å². The number of rotatable bonds is 7. The first kappa shape index (κ1) is 14.4. The molecular weight excluding hydrogens is 287 g/mol. The predicted molar refractivity (Wildman–Crippen MR) is 71.0 cm³/mol. The first-order valence-electron chi connectivity index (χ1n) is 5.53. The van der Waals surface area contributed by atoms with Gasteiger partial charge in [0, 0.05) is 19.6 Å². The van der Waals surface area contributed by atoms with E-state index in [9.17, 15) is 4.39 Å². The summed E-state index contributed by atoms with van der Waals surface area (Å²) in [5.74, 6) is 0.397. The second-order valence-electron chi connectivity index (χ2n) is 3.98. The van der Waals surface area contributed by atoms with Gasteiger partial charge in [-0.3, -0.25) is 0 Å². The number of likely N-dealkylation sites (N-methyl/N-ethyl adjacent to an activating group) is 1. The van der Waals surface area contributed by atoms with Gasteiger partial charge in [-0.2, -0.15) is 0 Å². The largest absolute Gasteiger partial charge is 0.491 e. The fourth-order valence-corrected chi connectivity index (χ4v) is 1.72. The molecule has 0 saturated heterocycles. The molecule has 0 aliphatic rings. The zero-order valence-corrected chi connectivity index (χ0v) is 11.8. The highest BCUT2D eigenvalue weighted by atomic mass is 79.9. The van der Waals surface area contributed by atoms with E-state index in [4.69, 9.17) is 4.74 Å². The number of hydrogen-bond donors (Lipinski definition) is 1. The summed E-state index contributed by atoms with van der Waals surface area (Å²) in [6.07, 6.45) is 0. The number of benzene rings is 1. The average molecular weight is 305 g/mol. The molecule has 0 aliphatic heterocycles. The summed E-state index contributed by atoms with van der Waals surface area (Å²) in [4.78, 5) is 2.12. The summed E-state index contributed by atoms with van der Waals surface area (Å²) in [5.41, 5.74) is 0. The molecule has 5 heteroatoms. The van der Waals surface area contributed by atoms with Crippen LogP contribution in [0.3, 0.4) is 0 Å². The van der Waals surface area contributed by atoms with Crippen LogP contribution in [0.5, 0.6) is 5.75 Å². The third-order valence-electron chi connectivity index (χ3n) is 2.17. The van der Waals surface area contributed by atoms with Crippen molar-refractivity contribution in [3.05, 3.63) is 28.5 Å². The minimum atomic E-state index is -0.270. The Morgan fingerprint density at radius 1 is 1.35 bits per heavy atom. The van der Waals surface area contributed by atoms with E-state index in [2.05, 4.69) is 26.1 Å². The average Bonchev–Trinajstić information content (AvgIpc) is 2.25. The van der Waals surface area contributed by atoms with Gasteiger partial charge >= 0.3 is 0 Å². The number of hydrogen-bond acceptors (Lipinski definition) is 3. The molecule has 1 rings (SSSR count). The van der Waals surface area contributed by atoms with E-state index < -0.39 is 0 Å². The Kier molecular flexibility index (Phi) is 6.47. The first-order valence-corrected chi connectivity index (χ1v) is 6.32. The van der Waals surface area contributed by atoms with Gasteiger partial charge in [-0.25, -0.2) is 4.39 Å². The fourth-order valence-electron chi connectivity index (χ4n) is 1.25. The summed E-state index contributed by atoms with van der Waals surface area (Å²) in [6, 6.07) is 4.41. The lowest BCUT2D eigenvalue weighted by Crippen LogP contribution is -2.29. The Balaban J connectivity index is 2.18. The van der Waals surface area contributed by atoms with Gasteiger partial charge in [0.15, 0.2) is 0 Å². The van der Waals surface area contributed by atoms with Crippen LogP contribution < -0.4 is 10.1 Å². The molecule has 0 atom stereocenters. The maximum atomic E-state index is 12.8. The van der Waals surface area contributed by atoms with Gasteiger partial charge in [0.25, 0.3) is 0 Å². The number of nitrogens with one attached hydrogen (secondary N) is 1. The molecule has 0 amide bonds. The summed E-state index contributed by atoms with van der Waals surface area (Å²) >= 11 is 3.26. The minimum Gasteiger partial charge on any atom is -0.491 e. The molecule has 0 fully saturated rings. The number of halogens is 2. The summed E-state index contributed by atoms with van der Waals surface area (Å²) in [7, 11) is 4.07. The van der Waals surface area contributed by atoms with Gasteiger partial charge < -0.3 is 15.0 Å². The Morgan fingerprint density at radius 3 is 2.76 bits per heavy atom. The summed E-state index contributed by atoms with van der Waals surface area (Å²) in [6.45, 7) is 3.27. The van der Waals surface area contributed by atoms with Crippen molar-refractivity contribution in [1.29, 1.82) is 0 Å². The maximum absolute atomic E-state index is 12.8. The smallest absolute Gasteiger partial charge is 0.133 e. The molecule has 1 aromatic rings. The highest BCUT2D eigenvalue weighted by molar-refractivity contribution is 9.10. The van der Waals surface area contributed by atoms with Gasteiger partial charge in [-0.1, -0.05) is 0 Å². The minimum absolute atomic E-state index is 0.270. The lowest BCUT2D eigenvalue weighted by molar-refractivity contribution is 0.306. The van der Waals surface area contributed by atoms with Crippen LogP contribution in [-0.2, 0) is 0 Å². The number of nitrogens with zero attached hydrogens (tertiary/aromatic N) is 1. The van der Waals surface area contributed by atoms with Crippen molar-refractivity contribution < 1.29 is 9.13 Å². The Hall–Kier alpha value is -0.650. The molecule has 0 heterocycles. The molecule has 17 heavy (non-hydrogen) atoms. The number of ether oxygens (including phenoxy) is 1. The summed E-state index contributed by atoms with van der Waals surface area (Å²) in [5, 5.41) is 3.26. The second kappa shape index (κ2) is 7.63. The van der Waals surface area contributed by atoms with E-state index in [1.54, 1.807) is 6.07 Å². The van der Waals surface area contributed by atoms with Gasteiger partial charge in [0.1, 0.15) is 18.2 Å². The highest BCUT2D eigenvalue weighted by Crippen LogP contribution is 2.25. The Labute approximate surface area is 110 Å². The zero-order valence-electron chi connectivity index (χ0n) is 10.2. The normalized spacial score (nSPS) is 10.9. The third-order valence-corrected chi connectivity index (χ3v) is 2.79. The zero-order chi connectivity index (χ0) is 12.7. The predicted octanol–water partition coefficient (Wildman–Crippen LogP) is 2.12. The standard InChI is InChI=1S/C12H18BrFN2O/c1-16(2)7-5-15-6-8-17-12-4-3-10(14)9-11(12)13/h3-4,9,15H,5-8H2,1-2H3. The first-order chi connectivity index (χ1) is 8.09. The molecule has 0 radical (unpaired) electrons. The molecule has 0 spiro atoms. The Bertz CT molecular complexity index is 347. The van der Waals surface area contributed by atoms with Crippen LogP contribution in [0, 0.1) is 5.82 Å². The van der Waals surface area contributed by atoms with E-state index in [-0.39, 0.29) is 5.82 Å². The van der Waals surface area contributed by atoms with Gasteiger partial charge in [0.05, 0.1) is 4.47 Å². The van der Waals surface area contributed by atoms with Gasteiger partial charge in [-0.15, -0.1) is 0 Å². The lowest BCUT2D eigenvalue weighted by Gasteiger charge is -2.11.